The standard InChI is InChI=1S/C11H13NO3/c1-15-11(14)8-6-10(13)12-9-5-3-2-4-7(8)9/h6H,2-5H2,1H3,(H,12,13). The summed E-state index contributed by atoms with van der Waals surface area (Å²) in [5.74, 6) is -0.417. The Morgan fingerprint density at radius 1 is 1.40 bits per heavy atom. The van der Waals surface area contributed by atoms with Gasteiger partial charge in [-0.2, -0.15) is 0 Å². The Bertz CT molecular complexity index is 448. The second kappa shape index (κ2) is 3.88. The number of carbonyl (C=O) groups excluding carboxylic acids is 1. The SMILES string of the molecule is COC(=O)c1cc(=O)[nH]c2c1CCCC2. The Kier molecular flexibility index (Phi) is 2.58. The molecule has 0 spiro atoms. The zero-order valence-corrected chi connectivity index (χ0v) is 8.63. The van der Waals surface area contributed by atoms with Gasteiger partial charge in [0.15, 0.2) is 0 Å². The molecule has 80 valence electrons. The molecule has 0 amide bonds. The van der Waals surface area contributed by atoms with Gasteiger partial charge in [0.25, 0.3) is 0 Å². The number of fused-ring (bicyclic) bond motifs is 1. The first-order valence-corrected chi connectivity index (χ1v) is 5.06. The van der Waals surface area contributed by atoms with E-state index in [1.54, 1.807) is 0 Å². The van der Waals surface area contributed by atoms with Gasteiger partial charge in [-0.05, 0) is 31.2 Å². The van der Waals surface area contributed by atoms with E-state index < -0.39 is 5.97 Å². The van der Waals surface area contributed by atoms with Crippen LogP contribution in [0.2, 0.25) is 0 Å². The van der Waals surface area contributed by atoms with Crippen LogP contribution in [0.3, 0.4) is 0 Å². The molecule has 0 radical (unpaired) electrons. The van der Waals surface area contributed by atoms with Crippen molar-refractivity contribution in [2.45, 2.75) is 25.7 Å². The lowest BCUT2D eigenvalue weighted by atomic mass is 9.92. The molecule has 0 aromatic carbocycles. The normalized spacial score (nSPS) is 14.5. The molecule has 1 aliphatic carbocycles. The number of methoxy groups -OCH3 is 1. The molecule has 4 heteroatoms. The van der Waals surface area contributed by atoms with Gasteiger partial charge in [-0.3, -0.25) is 4.79 Å². The number of esters is 1. The van der Waals surface area contributed by atoms with Crippen LogP contribution in [-0.2, 0) is 17.6 Å². The molecule has 2 rings (SSSR count). The first kappa shape index (κ1) is 9.96. The highest BCUT2D eigenvalue weighted by molar-refractivity contribution is 5.91. The van der Waals surface area contributed by atoms with Crippen molar-refractivity contribution >= 4 is 5.97 Å². The van der Waals surface area contributed by atoms with Gasteiger partial charge in [-0.1, -0.05) is 0 Å². The molecule has 1 aliphatic rings. The largest absolute Gasteiger partial charge is 0.465 e. The number of aromatic amines is 1. The minimum atomic E-state index is -0.417. The minimum absolute atomic E-state index is 0.226. The highest BCUT2D eigenvalue weighted by atomic mass is 16.5. The van der Waals surface area contributed by atoms with Gasteiger partial charge in [0.2, 0.25) is 5.56 Å². The molecule has 1 heterocycles. The maximum atomic E-state index is 11.5. The summed E-state index contributed by atoms with van der Waals surface area (Å²) in [5, 5.41) is 0. The zero-order valence-electron chi connectivity index (χ0n) is 8.63. The smallest absolute Gasteiger partial charge is 0.338 e. The number of ether oxygens (including phenoxy) is 1. The maximum Gasteiger partial charge on any atom is 0.338 e. The second-order valence-electron chi connectivity index (χ2n) is 3.70. The van der Waals surface area contributed by atoms with E-state index >= 15 is 0 Å². The van der Waals surface area contributed by atoms with Gasteiger partial charge in [0, 0.05) is 11.8 Å². The molecule has 0 bridgehead atoms. The Hall–Kier alpha value is -1.58. The van der Waals surface area contributed by atoms with Crippen molar-refractivity contribution < 1.29 is 9.53 Å². The lowest BCUT2D eigenvalue weighted by Crippen LogP contribution is -2.20. The predicted molar refractivity (Wildman–Crippen MR) is 55.0 cm³/mol. The highest BCUT2D eigenvalue weighted by Gasteiger charge is 2.19. The van der Waals surface area contributed by atoms with Gasteiger partial charge in [-0.15, -0.1) is 0 Å². The molecule has 1 aromatic heterocycles. The number of hydrogen-bond donors (Lipinski definition) is 1. The van der Waals surface area contributed by atoms with E-state index in [0.717, 1.165) is 36.9 Å². The topological polar surface area (TPSA) is 59.2 Å². The summed E-state index contributed by atoms with van der Waals surface area (Å²) in [5.41, 5.74) is 2.05. The Labute approximate surface area is 87.3 Å². The van der Waals surface area contributed by atoms with E-state index in [0.29, 0.717) is 5.56 Å². The van der Waals surface area contributed by atoms with Crippen LogP contribution < -0.4 is 5.56 Å². The number of aryl methyl sites for hydroxylation is 1. The fourth-order valence-corrected chi connectivity index (χ4v) is 2.04. The molecule has 15 heavy (non-hydrogen) atoms. The number of hydrogen-bond acceptors (Lipinski definition) is 3. The number of rotatable bonds is 1. The van der Waals surface area contributed by atoms with E-state index in [-0.39, 0.29) is 5.56 Å². The van der Waals surface area contributed by atoms with Crippen LogP contribution in [0.5, 0.6) is 0 Å². The lowest BCUT2D eigenvalue weighted by molar-refractivity contribution is 0.0598. The van der Waals surface area contributed by atoms with Crippen LogP contribution >= 0.6 is 0 Å². The van der Waals surface area contributed by atoms with E-state index in [9.17, 15) is 9.59 Å². The molecular formula is C11H13NO3. The monoisotopic (exact) mass is 207 g/mol. The van der Waals surface area contributed by atoms with Crippen LogP contribution in [0.4, 0.5) is 0 Å². The number of carbonyl (C=O) groups is 1. The average Bonchev–Trinajstić information content (AvgIpc) is 2.26. The summed E-state index contributed by atoms with van der Waals surface area (Å²) in [4.78, 5) is 25.6. The Balaban J connectivity index is 2.57. The van der Waals surface area contributed by atoms with Crippen molar-refractivity contribution in [1.29, 1.82) is 0 Å². The molecule has 0 saturated heterocycles. The molecular weight excluding hydrogens is 194 g/mol. The van der Waals surface area contributed by atoms with Gasteiger partial charge in [0.05, 0.1) is 12.7 Å². The fraction of sp³-hybridized carbons (Fsp3) is 0.455. The summed E-state index contributed by atoms with van der Waals surface area (Å²) < 4.78 is 4.67. The summed E-state index contributed by atoms with van der Waals surface area (Å²) in [6.45, 7) is 0. The third-order valence-electron chi connectivity index (χ3n) is 2.75. The Morgan fingerprint density at radius 3 is 2.87 bits per heavy atom. The summed E-state index contributed by atoms with van der Waals surface area (Å²) in [6.07, 6.45) is 3.81. The van der Waals surface area contributed by atoms with E-state index in [1.165, 1.54) is 13.2 Å². The minimum Gasteiger partial charge on any atom is -0.465 e. The lowest BCUT2D eigenvalue weighted by Gasteiger charge is -2.17. The van der Waals surface area contributed by atoms with Crippen molar-refractivity contribution in [3.63, 3.8) is 0 Å². The third-order valence-corrected chi connectivity index (χ3v) is 2.75. The molecule has 1 aromatic rings. The number of aromatic nitrogens is 1. The van der Waals surface area contributed by atoms with Crippen LogP contribution in [-0.4, -0.2) is 18.1 Å². The first-order valence-electron chi connectivity index (χ1n) is 5.06. The quantitative estimate of drug-likeness (QED) is 0.700. The van der Waals surface area contributed by atoms with Gasteiger partial charge >= 0.3 is 5.97 Å². The van der Waals surface area contributed by atoms with Crippen molar-refractivity contribution in [3.8, 4) is 0 Å². The average molecular weight is 207 g/mol. The van der Waals surface area contributed by atoms with Gasteiger partial charge in [-0.25, -0.2) is 4.79 Å². The van der Waals surface area contributed by atoms with Crippen LogP contribution in [0.15, 0.2) is 10.9 Å². The van der Waals surface area contributed by atoms with E-state index in [2.05, 4.69) is 9.72 Å². The second-order valence-corrected chi connectivity index (χ2v) is 3.70. The molecule has 0 unspecified atom stereocenters. The molecule has 4 nitrogen and oxygen atoms in total. The van der Waals surface area contributed by atoms with E-state index in [1.807, 2.05) is 0 Å². The van der Waals surface area contributed by atoms with Crippen molar-refractivity contribution in [2.75, 3.05) is 7.11 Å². The number of nitrogens with one attached hydrogen (secondary N) is 1. The highest BCUT2D eigenvalue weighted by Crippen LogP contribution is 2.21. The van der Waals surface area contributed by atoms with Gasteiger partial charge < -0.3 is 9.72 Å². The summed E-state index contributed by atoms with van der Waals surface area (Å²) in [6, 6.07) is 1.33. The third kappa shape index (κ3) is 1.79. The van der Waals surface area contributed by atoms with Crippen LogP contribution in [0.1, 0.15) is 34.5 Å². The number of pyridine rings is 1. The Morgan fingerprint density at radius 2 is 2.13 bits per heavy atom. The molecule has 0 fully saturated rings. The zero-order chi connectivity index (χ0) is 10.8. The maximum absolute atomic E-state index is 11.5. The molecule has 0 aliphatic heterocycles. The fourth-order valence-electron chi connectivity index (χ4n) is 2.04. The molecule has 0 atom stereocenters. The van der Waals surface area contributed by atoms with E-state index in [4.69, 9.17) is 0 Å². The molecule has 0 saturated carbocycles. The van der Waals surface area contributed by atoms with Crippen LogP contribution in [0, 0.1) is 0 Å². The van der Waals surface area contributed by atoms with Gasteiger partial charge in [0.1, 0.15) is 0 Å². The van der Waals surface area contributed by atoms with Crippen molar-refractivity contribution in [3.05, 3.63) is 33.2 Å². The van der Waals surface area contributed by atoms with Crippen molar-refractivity contribution in [1.82, 2.24) is 4.98 Å². The summed E-state index contributed by atoms with van der Waals surface area (Å²) >= 11 is 0. The molecule has 1 N–H and O–H groups in total. The summed E-state index contributed by atoms with van der Waals surface area (Å²) in [7, 11) is 1.33. The first-order chi connectivity index (χ1) is 7.22. The van der Waals surface area contributed by atoms with Crippen molar-refractivity contribution in [2.24, 2.45) is 0 Å². The number of H-pyrrole nitrogens is 1. The van der Waals surface area contributed by atoms with Crippen LogP contribution in [0.25, 0.3) is 0 Å². The predicted octanol–water partition coefficient (Wildman–Crippen LogP) is 1.04.